The fourth-order valence-corrected chi connectivity index (χ4v) is 3.32. The van der Waals surface area contributed by atoms with Gasteiger partial charge >= 0.3 is 6.03 Å². The molecule has 0 unspecified atom stereocenters. The van der Waals surface area contributed by atoms with Gasteiger partial charge in [-0.1, -0.05) is 36.4 Å². The van der Waals surface area contributed by atoms with Crippen molar-refractivity contribution in [2.75, 3.05) is 12.4 Å². The molecule has 0 bridgehead atoms. The van der Waals surface area contributed by atoms with E-state index in [1.54, 1.807) is 30.3 Å². The largest absolute Gasteiger partial charge is 0.493 e. The summed E-state index contributed by atoms with van der Waals surface area (Å²) in [4.78, 5) is 22.7. The number of ether oxygens (including phenoxy) is 2. The van der Waals surface area contributed by atoms with Crippen molar-refractivity contribution in [1.29, 1.82) is 0 Å². The number of carbonyl (C=O) groups excluding carboxylic acids is 1. The van der Waals surface area contributed by atoms with Crippen LogP contribution in [0.25, 0.3) is 0 Å². The molecule has 0 spiro atoms. The van der Waals surface area contributed by atoms with Crippen LogP contribution >= 0.6 is 0 Å². The van der Waals surface area contributed by atoms with E-state index in [9.17, 15) is 14.9 Å². The van der Waals surface area contributed by atoms with Crippen LogP contribution in [0, 0.1) is 17.0 Å². The van der Waals surface area contributed by atoms with E-state index in [4.69, 9.17) is 9.47 Å². The number of hydrogen-bond acceptors (Lipinski definition) is 6. The molecule has 9 nitrogen and oxygen atoms in total. The van der Waals surface area contributed by atoms with Crippen molar-refractivity contribution in [2.45, 2.75) is 20.0 Å². The van der Waals surface area contributed by atoms with E-state index in [0.29, 0.717) is 34.7 Å². The average molecular weight is 475 g/mol. The highest BCUT2D eigenvalue weighted by Crippen LogP contribution is 2.34. The molecule has 0 aliphatic rings. The van der Waals surface area contributed by atoms with Crippen LogP contribution in [-0.4, -0.2) is 24.3 Å². The normalized spacial score (nSPS) is 10.6. The van der Waals surface area contributed by atoms with E-state index in [0.717, 1.165) is 11.1 Å². The zero-order chi connectivity index (χ0) is 25.2. The van der Waals surface area contributed by atoms with Crippen LogP contribution in [0.1, 0.15) is 22.3 Å². The lowest BCUT2D eigenvalue weighted by atomic mass is 10.1. The van der Waals surface area contributed by atoms with E-state index in [1.165, 1.54) is 25.5 Å². The summed E-state index contributed by atoms with van der Waals surface area (Å²) in [5, 5.41) is 17.8. The van der Waals surface area contributed by atoms with Crippen LogP contribution in [0.4, 0.5) is 16.2 Å². The summed E-state index contributed by atoms with van der Waals surface area (Å²) in [5.41, 5.74) is 6.19. The quantitative estimate of drug-likeness (QED) is 0.177. The summed E-state index contributed by atoms with van der Waals surface area (Å²) in [5.74, 6) is 0.960. The lowest BCUT2D eigenvalue weighted by Crippen LogP contribution is -2.24. The molecule has 0 saturated carbocycles. The number of hydrazone groups is 1. The third-order valence-corrected chi connectivity index (χ3v) is 5.02. The highest BCUT2D eigenvalue weighted by molar-refractivity contribution is 5.91. The summed E-state index contributed by atoms with van der Waals surface area (Å²) in [6.45, 7) is 5.81. The molecule has 0 aliphatic carbocycles. The number of nitro groups is 1. The van der Waals surface area contributed by atoms with Gasteiger partial charge in [-0.15, -0.1) is 6.58 Å². The van der Waals surface area contributed by atoms with Crippen molar-refractivity contribution in [1.82, 2.24) is 5.43 Å². The second-order valence-electron chi connectivity index (χ2n) is 7.56. The third-order valence-electron chi connectivity index (χ3n) is 5.02. The smallest absolute Gasteiger partial charge is 0.339 e. The van der Waals surface area contributed by atoms with Crippen LogP contribution in [-0.2, 0) is 13.0 Å². The van der Waals surface area contributed by atoms with Crippen LogP contribution in [0.15, 0.2) is 78.4 Å². The van der Waals surface area contributed by atoms with Crippen molar-refractivity contribution in [3.05, 3.63) is 106 Å². The van der Waals surface area contributed by atoms with E-state index in [1.807, 2.05) is 31.2 Å². The number of nitrogens with one attached hydrogen (secondary N) is 2. The van der Waals surface area contributed by atoms with Crippen molar-refractivity contribution in [2.24, 2.45) is 5.10 Å². The zero-order valence-electron chi connectivity index (χ0n) is 19.5. The Morgan fingerprint density at radius 3 is 2.69 bits per heavy atom. The number of nitrogens with zero attached hydrogens (tertiary/aromatic N) is 2. The maximum atomic E-state index is 12.2. The second kappa shape index (κ2) is 12.0. The summed E-state index contributed by atoms with van der Waals surface area (Å²) in [6.07, 6.45) is 3.71. The fourth-order valence-electron chi connectivity index (χ4n) is 3.32. The molecule has 0 aromatic heterocycles. The molecule has 9 heteroatoms. The van der Waals surface area contributed by atoms with Gasteiger partial charge < -0.3 is 14.8 Å². The Hall–Kier alpha value is -4.66. The first-order chi connectivity index (χ1) is 16.9. The van der Waals surface area contributed by atoms with Gasteiger partial charge in [0.2, 0.25) is 0 Å². The first-order valence-electron chi connectivity index (χ1n) is 10.7. The molecule has 3 aromatic rings. The zero-order valence-corrected chi connectivity index (χ0v) is 19.5. The number of aryl methyl sites for hydroxylation is 1. The minimum atomic E-state index is -0.467. The van der Waals surface area contributed by atoms with E-state index >= 15 is 0 Å². The molecule has 3 aromatic carbocycles. The first kappa shape index (κ1) is 25.0. The number of para-hydroxylation sites is 1. The summed E-state index contributed by atoms with van der Waals surface area (Å²) in [6, 6.07) is 16.8. The molecule has 0 fully saturated rings. The first-order valence-corrected chi connectivity index (χ1v) is 10.7. The highest BCUT2D eigenvalue weighted by Gasteiger charge is 2.14. The summed E-state index contributed by atoms with van der Waals surface area (Å²) < 4.78 is 11.5. The minimum absolute atomic E-state index is 0.00472. The molecule has 180 valence electrons. The summed E-state index contributed by atoms with van der Waals surface area (Å²) >= 11 is 0. The number of methoxy groups -OCH3 is 1. The minimum Gasteiger partial charge on any atom is -0.493 e. The number of amides is 2. The predicted octanol–water partition coefficient (Wildman–Crippen LogP) is 5.37. The third kappa shape index (κ3) is 6.91. The maximum Gasteiger partial charge on any atom is 0.339 e. The fraction of sp³-hybridized carbons (Fsp3) is 0.154. The van der Waals surface area contributed by atoms with Crippen molar-refractivity contribution < 1.29 is 19.2 Å². The molecule has 3 rings (SSSR count). The molecule has 0 heterocycles. The molecule has 35 heavy (non-hydrogen) atoms. The van der Waals surface area contributed by atoms with Gasteiger partial charge in [0.1, 0.15) is 6.61 Å². The van der Waals surface area contributed by atoms with Gasteiger partial charge in [-0.2, -0.15) is 5.10 Å². The van der Waals surface area contributed by atoms with Gasteiger partial charge in [0.05, 0.1) is 18.2 Å². The number of nitro benzene ring substituents is 1. The lowest BCUT2D eigenvalue weighted by Gasteiger charge is -2.16. The van der Waals surface area contributed by atoms with Crippen molar-refractivity contribution >= 4 is 23.6 Å². The van der Waals surface area contributed by atoms with Gasteiger partial charge in [-0.25, -0.2) is 10.2 Å². The number of urea groups is 1. The van der Waals surface area contributed by atoms with Gasteiger partial charge in [0.25, 0.3) is 5.69 Å². The number of anilines is 1. The van der Waals surface area contributed by atoms with Gasteiger partial charge in [-0.05, 0) is 48.2 Å². The number of hydrogen-bond donors (Lipinski definition) is 2. The van der Waals surface area contributed by atoms with E-state index < -0.39 is 11.0 Å². The molecular weight excluding hydrogens is 448 g/mol. The predicted molar refractivity (Wildman–Crippen MR) is 135 cm³/mol. The molecule has 2 N–H and O–H groups in total. The average Bonchev–Trinajstić information content (AvgIpc) is 2.85. The number of allylic oxidation sites excluding steroid dienone is 1. The second-order valence-corrected chi connectivity index (χ2v) is 7.56. The Morgan fingerprint density at radius 1 is 1.17 bits per heavy atom. The van der Waals surface area contributed by atoms with E-state index in [-0.39, 0.29) is 12.3 Å². The summed E-state index contributed by atoms with van der Waals surface area (Å²) in [7, 11) is 1.52. The Labute approximate surface area is 203 Å². The Morgan fingerprint density at radius 2 is 1.97 bits per heavy atom. The maximum absolute atomic E-state index is 12.2. The molecule has 2 amide bonds. The molecule has 0 atom stereocenters. The molecule has 0 aliphatic heterocycles. The van der Waals surface area contributed by atoms with Gasteiger partial charge in [0.15, 0.2) is 11.5 Å². The van der Waals surface area contributed by atoms with Crippen LogP contribution in [0.5, 0.6) is 11.5 Å². The standard InChI is InChI=1S/C26H26N4O5/c1-4-8-21-13-20(16-27-29-26(31)28-23-12-6-5-9-18(23)2)15-24(34-3)25(21)35-17-19-10-7-11-22(14-19)30(32)33/h4-7,9-16H,1,8,17H2,2-3H3,(H2,28,29,31). The van der Waals surface area contributed by atoms with Gasteiger partial charge in [0, 0.05) is 23.4 Å². The SMILES string of the molecule is C=CCc1cc(C=NNC(=O)Nc2ccccc2C)cc(OC)c1OCc1cccc([N+](=O)[O-])c1. The topological polar surface area (TPSA) is 115 Å². The Balaban J connectivity index is 1.74. The van der Waals surface area contributed by atoms with Crippen molar-refractivity contribution in [3.8, 4) is 11.5 Å². The van der Waals surface area contributed by atoms with Crippen LogP contribution in [0.3, 0.4) is 0 Å². The monoisotopic (exact) mass is 474 g/mol. The van der Waals surface area contributed by atoms with Crippen molar-refractivity contribution in [3.63, 3.8) is 0 Å². The van der Waals surface area contributed by atoms with Crippen LogP contribution in [0.2, 0.25) is 0 Å². The molecule has 0 radical (unpaired) electrons. The highest BCUT2D eigenvalue weighted by atomic mass is 16.6. The number of carbonyl (C=O) groups is 1. The molecule has 0 saturated heterocycles. The number of non-ortho nitro benzene ring substituents is 1. The van der Waals surface area contributed by atoms with Gasteiger partial charge in [-0.3, -0.25) is 10.1 Å². The molecular formula is C26H26N4O5. The van der Waals surface area contributed by atoms with Crippen LogP contribution < -0.4 is 20.2 Å². The number of benzene rings is 3. The van der Waals surface area contributed by atoms with E-state index in [2.05, 4.69) is 22.4 Å². The Bertz CT molecular complexity index is 1260. The Kier molecular flexibility index (Phi) is 8.55. The number of rotatable bonds is 10. The lowest BCUT2D eigenvalue weighted by molar-refractivity contribution is -0.384.